The van der Waals surface area contributed by atoms with Crippen molar-refractivity contribution in [2.45, 2.75) is 6.54 Å². The fourth-order valence-corrected chi connectivity index (χ4v) is 1.33. The summed E-state index contributed by atoms with van der Waals surface area (Å²) >= 11 is 0. The zero-order valence-corrected chi connectivity index (χ0v) is 8.42. The summed E-state index contributed by atoms with van der Waals surface area (Å²) in [5.74, 6) is 0. The highest BCUT2D eigenvalue weighted by atomic mass is 16.6. The van der Waals surface area contributed by atoms with Crippen LogP contribution in [0.5, 0.6) is 0 Å². The third-order valence-corrected chi connectivity index (χ3v) is 2.13. The summed E-state index contributed by atoms with van der Waals surface area (Å²) in [6.45, 7) is 0.581. The Morgan fingerprint density at radius 3 is 2.94 bits per heavy atom. The molecule has 5 heteroatoms. The van der Waals surface area contributed by atoms with Gasteiger partial charge in [-0.1, -0.05) is 6.07 Å². The zero-order chi connectivity index (χ0) is 11.4. The lowest BCUT2D eigenvalue weighted by Gasteiger charge is -2.03. The molecule has 1 aromatic heterocycles. The topological polar surface area (TPSA) is 68.3 Å². The molecule has 0 radical (unpaired) electrons. The van der Waals surface area contributed by atoms with Gasteiger partial charge in [-0.3, -0.25) is 10.1 Å². The van der Waals surface area contributed by atoms with E-state index in [-0.39, 0.29) is 5.69 Å². The highest BCUT2D eigenvalue weighted by Gasteiger charge is 2.05. The van der Waals surface area contributed by atoms with Gasteiger partial charge in [-0.2, -0.15) is 0 Å². The van der Waals surface area contributed by atoms with Gasteiger partial charge in [0.25, 0.3) is 5.69 Å². The average molecular weight is 218 g/mol. The summed E-state index contributed by atoms with van der Waals surface area (Å²) < 4.78 is 4.92. The monoisotopic (exact) mass is 218 g/mol. The van der Waals surface area contributed by atoms with E-state index in [1.807, 2.05) is 6.07 Å². The number of benzene rings is 1. The lowest BCUT2D eigenvalue weighted by Crippen LogP contribution is -1.98. The van der Waals surface area contributed by atoms with E-state index >= 15 is 0 Å². The normalized spacial score (nSPS) is 10.0. The minimum absolute atomic E-state index is 0.0807. The average Bonchev–Trinajstić information content (AvgIpc) is 2.79. The number of anilines is 1. The molecule has 0 aliphatic heterocycles. The smallest absolute Gasteiger partial charge is 0.271 e. The van der Waals surface area contributed by atoms with Gasteiger partial charge in [0.05, 0.1) is 17.4 Å². The van der Waals surface area contributed by atoms with Gasteiger partial charge in [-0.05, 0) is 12.1 Å². The Kier molecular flexibility index (Phi) is 2.86. The fourth-order valence-electron chi connectivity index (χ4n) is 1.33. The number of nitrogens with zero attached hydrogens (tertiary/aromatic N) is 1. The summed E-state index contributed by atoms with van der Waals surface area (Å²) in [5, 5.41) is 13.6. The molecule has 0 bridgehead atoms. The van der Waals surface area contributed by atoms with Crippen LogP contribution >= 0.6 is 0 Å². The van der Waals surface area contributed by atoms with Crippen LogP contribution in [0.2, 0.25) is 0 Å². The van der Waals surface area contributed by atoms with Crippen LogP contribution in [0.1, 0.15) is 5.56 Å². The van der Waals surface area contributed by atoms with Crippen LogP contribution in [0.25, 0.3) is 0 Å². The molecule has 0 unspecified atom stereocenters. The highest BCUT2D eigenvalue weighted by Crippen LogP contribution is 2.17. The van der Waals surface area contributed by atoms with E-state index < -0.39 is 4.92 Å². The third-order valence-electron chi connectivity index (χ3n) is 2.13. The van der Waals surface area contributed by atoms with Crippen LogP contribution in [0, 0.1) is 10.1 Å². The number of nitro groups is 1. The summed E-state index contributed by atoms with van der Waals surface area (Å²) in [6, 6.07) is 8.23. The summed E-state index contributed by atoms with van der Waals surface area (Å²) in [4.78, 5) is 10.1. The molecule has 0 amide bonds. The van der Waals surface area contributed by atoms with Gasteiger partial charge in [0.2, 0.25) is 0 Å². The van der Waals surface area contributed by atoms with Crippen LogP contribution in [-0.4, -0.2) is 4.92 Å². The largest absolute Gasteiger partial charge is 0.472 e. The first-order valence-corrected chi connectivity index (χ1v) is 4.75. The zero-order valence-electron chi connectivity index (χ0n) is 8.42. The molecule has 16 heavy (non-hydrogen) atoms. The first kappa shape index (κ1) is 10.2. The maximum atomic E-state index is 10.5. The second-order valence-electron chi connectivity index (χ2n) is 3.29. The summed E-state index contributed by atoms with van der Waals surface area (Å²) in [7, 11) is 0. The summed E-state index contributed by atoms with van der Waals surface area (Å²) in [6.07, 6.45) is 3.22. The van der Waals surface area contributed by atoms with Gasteiger partial charge < -0.3 is 9.73 Å². The van der Waals surface area contributed by atoms with E-state index in [1.54, 1.807) is 24.7 Å². The number of rotatable bonds is 4. The number of hydrogen-bond donors (Lipinski definition) is 1. The van der Waals surface area contributed by atoms with Gasteiger partial charge in [0.15, 0.2) is 0 Å². The van der Waals surface area contributed by atoms with Crippen molar-refractivity contribution in [3.05, 3.63) is 58.5 Å². The first-order chi connectivity index (χ1) is 7.75. The van der Waals surface area contributed by atoms with Crippen molar-refractivity contribution in [2.24, 2.45) is 0 Å². The van der Waals surface area contributed by atoms with Crippen molar-refractivity contribution in [3.8, 4) is 0 Å². The van der Waals surface area contributed by atoms with Gasteiger partial charge in [0, 0.05) is 29.9 Å². The second-order valence-corrected chi connectivity index (χ2v) is 3.29. The van der Waals surface area contributed by atoms with E-state index in [2.05, 4.69) is 5.32 Å². The molecule has 1 aromatic carbocycles. The number of hydrogen-bond acceptors (Lipinski definition) is 4. The van der Waals surface area contributed by atoms with E-state index in [0.717, 1.165) is 11.3 Å². The van der Waals surface area contributed by atoms with E-state index in [9.17, 15) is 10.1 Å². The van der Waals surface area contributed by atoms with Crippen LogP contribution in [0.3, 0.4) is 0 Å². The summed E-state index contributed by atoms with van der Waals surface area (Å²) in [5.41, 5.74) is 1.79. The molecule has 2 rings (SSSR count). The Hall–Kier alpha value is -2.30. The Labute approximate surface area is 91.9 Å². The van der Waals surface area contributed by atoms with E-state index in [0.29, 0.717) is 6.54 Å². The minimum Gasteiger partial charge on any atom is -0.472 e. The second kappa shape index (κ2) is 4.48. The van der Waals surface area contributed by atoms with Crippen molar-refractivity contribution in [1.82, 2.24) is 0 Å². The number of non-ortho nitro benzene ring substituents is 1. The van der Waals surface area contributed by atoms with Crippen molar-refractivity contribution < 1.29 is 9.34 Å². The van der Waals surface area contributed by atoms with Crippen molar-refractivity contribution in [2.75, 3.05) is 5.32 Å². The molecular formula is C11H10N2O3. The SMILES string of the molecule is O=[N+]([O-])c1cccc(NCc2ccoc2)c1. The van der Waals surface area contributed by atoms with Crippen LogP contribution in [-0.2, 0) is 6.54 Å². The maximum Gasteiger partial charge on any atom is 0.271 e. The third kappa shape index (κ3) is 2.38. The Morgan fingerprint density at radius 1 is 1.38 bits per heavy atom. The predicted octanol–water partition coefficient (Wildman–Crippen LogP) is 2.80. The highest BCUT2D eigenvalue weighted by molar-refractivity contribution is 5.51. The fraction of sp³-hybridized carbons (Fsp3) is 0.0909. The number of nitro benzene ring substituents is 1. The molecule has 2 aromatic rings. The maximum absolute atomic E-state index is 10.5. The number of furan rings is 1. The van der Waals surface area contributed by atoms with Crippen LogP contribution < -0.4 is 5.32 Å². The molecule has 0 saturated carbocycles. The molecule has 0 atom stereocenters. The lowest BCUT2D eigenvalue weighted by atomic mass is 10.2. The quantitative estimate of drug-likeness (QED) is 0.632. The lowest BCUT2D eigenvalue weighted by molar-refractivity contribution is -0.384. The number of nitrogens with one attached hydrogen (secondary N) is 1. The van der Waals surface area contributed by atoms with Crippen molar-refractivity contribution in [1.29, 1.82) is 0 Å². The first-order valence-electron chi connectivity index (χ1n) is 4.75. The standard InChI is InChI=1S/C11H10N2O3/c14-13(15)11-3-1-2-10(6-11)12-7-9-4-5-16-8-9/h1-6,8,12H,7H2. The molecule has 0 fully saturated rings. The Bertz CT molecular complexity index is 480. The van der Waals surface area contributed by atoms with Crippen LogP contribution in [0.15, 0.2) is 47.3 Å². The van der Waals surface area contributed by atoms with Crippen molar-refractivity contribution >= 4 is 11.4 Å². The molecule has 0 saturated heterocycles. The molecule has 0 spiro atoms. The molecule has 0 aliphatic carbocycles. The van der Waals surface area contributed by atoms with Gasteiger partial charge in [-0.15, -0.1) is 0 Å². The molecule has 1 N–H and O–H groups in total. The van der Waals surface area contributed by atoms with Crippen molar-refractivity contribution in [3.63, 3.8) is 0 Å². The minimum atomic E-state index is -0.414. The van der Waals surface area contributed by atoms with E-state index in [1.165, 1.54) is 12.1 Å². The Morgan fingerprint density at radius 2 is 2.25 bits per heavy atom. The van der Waals surface area contributed by atoms with Gasteiger partial charge >= 0.3 is 0 Å². The van der Waals surface area contributed by atoms with E-state index in [4.69, 9.17) is 4.42 Å². The molecule has 5 nitrogen and oxygen atoms in total. The molecule has 1 heterocycles. The molecule has 82 valence electrons. The predicted molar refractivity (Wildman–Crippen MR) is 59.1 cm³/mol. The van der Waals surface area contributed by atoms with Gasteiger partial charge in [-0.25, -0.2) is 0 Å². The molecular weight excluding hydrogens is 208 g/mol. The molecule has 0 aliphatic rings. The Balaban J connectivity index is 2.04. The van der Waals surface area contributed by atoms with Crippen LogP contribution in [0.4, 0.5) is 11.4 Å². The van der Waals surface area contributed by atoms with Gasteiger partial charge in [0.1, 0.15) is 0 Å².